The van der Waals surface area contributed by atoms with Crippen LogP contribution in [-0.2, 0) is 0 Å². The number of H-pyrrole nitrogens is 2. The van der Waals surface area contributed by atoms with Gasteiger partial charge in [0.15, 0.2) is 5.65 Å². The summed E-state index contributed by atoms with van der Waals surface area (Å²) in [6.45, 7) is 7.92. The minimum Gasteiger partial charge on any atom is -0.492 e. The van der Waals surface area contributed by atoms with Gasteiger partial charge in [0.1, 0.15) is 12.4 Å². The van der Waals surface area contributed by atoms with Gasteiger partial charge in [0.05, 0.1) is 11.0 Å². The SMILES string of the molecule is CCN(CC)CCOc1ccc2nc3[nH]c(=O)[nH]c3cc2c1.Cl.Cl.O. The standard InChI is InChI=1S/C16H20N4O2.2ClH.H2O/c1-3-20(4-2)7-8-22-12-5-6-13-11(9-12)10-14-15(17-13)19-16(21)18-14;;;/h5-6,9-10H,3-4,7-8H2,1-2H3,(H2,17,18,19,21);2*1H;1H2. The van der Waals surface area contributed by atoms with Gasteiger partial charge in [-0.25, -0.2) is 9.78 Å². The summed E-state index contributed by atoms with van der Waals surface area (Å²) in [6.07, 6.45) is 0. The van der Waals surface area contributed by atoms with Crippen molar-refractivity contribution in [3.05, 3.63) is 34.7 Å². The largest absolute Gasteiger partial charge is 0.492 e. The Morgan fingerprint density at radius 3 is 2.52 bits per heavy atom. The van der Waals surface area contributed by atoms with E-state index in [2.05, 4.69) is 33.7 Å². The third-order valence-corrected chi connectivity index (χ3v) is 3.84. The van der Waals surface area contributed by atoms with Crippen LogP contribution in [0.25, 0.3) is 22.1 Å². The van der Waals surface area contributed by atoms with Crippen LogP contribution in [0.2, 0.25) is 0 Å². The molecule has 25 heavy (non-hydrogen) atoms. The Morgan fingerprint density at radius 2 is 1.84 bits per heavy atom. The third kappa shape index (κ3) is 5.34. The maximum absolute atomic E-state index is 11.3. The molecule has 0 saturated carbocycles. The fourth-order valence-electron chi connectivity index (χ4n) is 2.53. The van der Waals surface area contributed by atoms with Gasteiger partial charge in [-0.15, -0.1) is 24.8 Å². The minimum atomic E-state index is -0.242. The molecule has 7 nitrogen and oxygen atoms in total. The number of benzene rings is 1. The predicted octanol–water partition coefficient (Wildman–Crippen LogP) is 2.14. The van der Waals surface area contributed by atoms with Crippen molar-refractivity contribution in [3.63, 3.8) is 0 Å². The van der Waals surface area contributed by atoms with Crippen LogP contribution in [0.3, 0.4) is 0 Å². The summed E-state index contributed by atoms with van der Waals surface area (Å²) in [7, 11) is 0. The first-order chi connectivity index (χ1) is 10.7. The summed E-state index contributed by atoms with van der Waals surface area (Å²) < 4.78 is 5.82. The molecule has 0 aliphatic rings. The number of fused-ring (bicyclic) bond motifs is 2. The fraction of sp³-hybridized carbons (Fsp3) is 0.375. The highest BCUT2D eigenvalue weighted by Gasteiger charge is 2.05. The van der Waals surface area contributed by atoms with Gasteiger partial charge < -0.3 is 20.1 Å². The molecule has 4 N–H and O–H groups in total. The highest BCUT2D eigenvalue weighted by Crippen LogP contribution is 2.21. The Kier molecular flexibility index (Phi) is 9.51. The second kappa shape index (κ2) is 10.2. The number of hydrogen-bond donors (Lipinski definition) is 2. The maximum atomic E-state index is 11.3. The number of ether oxygens (including phenoxy) is 1. The zero-order valence-electron chi connectivity index (χ0n) is 14.2. The molecule has 140 valence electrons. The van der Waals surface area contributed by atoms with E-state index >= 15 is 0 Å². The molecule has 0 atom stereocenters. The average Bonchev–Trinajstić information content (AvgIpc) is 2.88. The number of rotatable bonds is 6. The van der Waals surface area contributed by atoms with E-state index in [-0.39, 0.29) is 36.0 Å². The quantitative estimate of drug-likeness (QED) is 0.672. The van der Waals surface area contributed by atoms with E-state index in [1.807, 2.05) is 24.3 Å². The van der Waals surface area contributed by atoms with Crippen molar-refractivity contribution < 1.29 is 10.2 Å². The lowest BCUT2D eigenvalue weighted by Crippen LogP contribution is -2.27. The van der Waals surface area contributed by atoms with E-state index in [4.69, 9.17) is 4.74 Å². The van der Waals surface area contributed by atoms with Gasteiger partial charge in [-0.1, -0.05) is 13.8 Å². The molecule has 0 spiro atoms. The molecule has 3 aromatic rings. The Bertz CT molecular complexity index is 846. The number of nitrogens with zero attached hydrogens (tertiary/aromatic N) is 2. The third-order valence-electron chi connectivity index (χ3n) is 3.84. The lowest BCUT2D eigenvalue weighted by molar-refractivity contribution is 0.223. The zero-order valence-corrected chi connectivity index (χ0v) is 15.8. The first kappa shape index (κ1) is 23.2. The van der Waals surface area contributed by atoms with Gasteiger partial charge in [0.25, 0.3) is 0 Å². The number of aromatic amines is 2. The van der Waals surface area contributed by atoms with Crippen LogP contribution in [-0.4, -0.2) is 51.6 Å². The van der Waals surface area contributed by atoms with Crippen molar-refractivity contribution >= 4 is 46.9 Å². The summed E-state index contributed by atoms with van der Waals surface area (Å²) in [5, 5.41) is 0.947. The van der Waals surface area contributed by atoms with Crippen LogP contribution in [0.1, 0.15) is 13.8 Å². The van der Waals surface area contributed by atoms with Crippen molar-refractivity contribution in [1.82, 2.24) is 19.9 Å². The van der Waals surface area contributed by atoms with Gasteiger partial charge in [0, 0.05) is 11.9 Å². The molecule has 2 heterocycles. The van der Waals surface area contributed by atoms with Gasteiger partial charge >= 0.3 is 5.69 Å². The van der Waals surface area contributed by atoms with Crippen molar-refractivity contribution in [2.45, 2.75) is 13.8 Å². The van der Waals surface area contributed by atoms with Crippen molar-refractivity contribution in [3.8, 4) is 5.75 Å². The summed E-state index contributed by atoms with van der Waals surface area (Å²) in [6, 6.07) is 7.68. The summed E-state index contributed by atoms with van der Waals surface area (Å²) in [5.41, 5.74) is 1.87. The molecule has 3 rings (SSSR count). The zero-order chi connectivity index (χ0) is 15.5. The van der Waals surface area contributed by atoms with Gasteiger partial charge in [-0.05, 0) is 37.4 Å². The molecular formula is C16H24Cl2N4O3. The Balaban J connectivity index is 0.00000192. The van der Waals surface area contributed by atoms with Crippen LogP contribution in [0.15, 0.2) is 29.1 Å². The molecule has 0 unspecified atom stereocenters. The van der Waals surface area contributed by atoms with Crippen LogP contribution in [0, 0.1) is 0 Å². The van der Waals surface area contributed by atoms with Gasteiger partial charge in [-0.2, -0.15) is 0 Å². The lowest BCUT2D eigenvalue weighted by atomic mass is 10.2. The monoisotopic (exact) mass is 390 g/mol. The van der Waals surface area contributed by atoms with Crippen LogP contribution in [0.4, 0.5) is 0 Å². The van der Waals surface area contributed by atoms with Crippen molar-refractivity contribution in [1.29, 1.82) is 0 Å². The number of hydrogen-bond acceptors (Lipinski definition) is 4. The topological polar surface area (TPSA) is 106 Å². The first-order valence-corrected chi connectivity index (χ1v) is 7.57. The maximum Gasteiger partial charge on any atom is 0.325 e. The molecule has 0 fully saturated rings. The van der Waals surface area contributed by atoms with Crippen molar-refractivity contribution in [2.24, 2.45) is 0 Å². The molecule has 0 aliphatic carbocycles. The van der Waals surface area contributed by atoms with Crippen LogP contribution >= 0.6 is 24.8 Å². The number of aromatic nitrogens is 3. The van der Waals surface area contributed by atoms with Crippen LogP contribution < -0.4 is 10.4 Å². The molecule has 0 bridgehead atoms. The minimum absolute atomic E-state index is 0. The van der Waals surface area contributed by atoms with Crippen LogP contribution in [0.5, 0.6) is 5.75 Å². The van der Waals surface area contributed by atoms with E-state index in [0.29, 0.717) is 17.8 Å². The molecular weight excluding hydrogens is 367 g/mol. The number of likely N-dealkylation sites (N-methyl/N-ethyl adjacent to an activating group) is 1. The molecule has 1 aromatic carbocycles. The molecule has 2 aromatic heterocycles. The number of pyridine rings is 1. The second-order valence-electron chi connectivity index (χ2n) is 5.19. The molecule has 0 saturated heterocycles. The highest BCUT2D eigenvalue weighted by atomic mass is 35.5. The highest BCUT2D eigenvalue weighted by molar-refractivity contribution is 5.90. The average molecular weight is 391 g/mol. The Morgan fingerprint density at radius 1 is 1.12 bits per heavy atom. The summed E-state index contributed by atoms with van der Waals surface area (Å²) >= 11 is 0. The second-order valence-corrected chi connectivity index (χ2v) is 5.19. The number of halogens is 2. The number of nitrogens with one attached hydrogen (secondary N) is 2. The van der Waals surface area contributed by atoms with E-state index in [1.165, 1.54) is 0 Å². The summed E-state index contributed by atoms with van der Waals surface area (Å²) in [5.74, 6) is 0.818. The molecule has 0 radical (unpaired) electrons. The van der Waals surface area contributed by atoms with E-state index in [0.717, 1.165) is 36.3 Å². The van der Waals surface area contributed by atoms with E-state index in [1.54, 1.807) is 0 Å². The Labute approximate surface area is 157 Å². The van der Waals surface area contributed by atoms with Gasteiger partial charge in [-0.3, -0.25) is 4.98 Å². The predicted molar refractivity (Wildman–Crippen MR) is 106 cm³/mol. The lowest BCUT2D eigenvalue weighted by Gasteiger charge is -2.18. The van der Waals surface area contributed by atoms with E-state index in [9.17, 15) is 4.79 Å². The molecule has 9 heteroatoms. The van der Waals surface area contributed by atoms with E-state index < -0.39 is 0 Å². The Hall–Kier alpha value is -1.80. The molecule has 0 amide bonds. The molecule has 0 aliphatic heterocycles. The first-order valence-electron chi connectivity index (χ1n) is 7.57. The number of imidazole rings is 1. The van der Waals surface area contributed by atoms with Crippen molar-refractivity contribution in [2.75, 3.05) is 26.2 Å². The summed E-state index contributed by atoms with van der Waals surface area (Å²) in [4.78, 5) is 23.4. The fourth-order valence-corrected chi connectivity index (χ4v) is 2.53. The normalized spacial score (nSPS) is 10.2. The smallest absolute Gasteiger partial charge is 0.325 e. The van der Waals surface area contributed by atoms with Gasteiger partial charge in [0.2, 0.25) is 0 Å².